The Morgan fingerprint density at radius 3 is 2.76 bits per heavy atom. The highest BCUT2D eigenvalue weighted by molar-refractivity contribution is 6.33. The Hall–Kier alpha value is -1.69. The molecular formula is C23H32ClN3O2. The van der Waals surface area contributed by atoms with Crippen LogP contribution in [-0.2, 0) is 11.2 Å². The fraction of sp³-hybridized carbons (Fsp3) is 0.565. The molecule has 158 valence electrons. The first-order valence-electron chi connectivity index (χ1n) is 10.3. The summed E-state index contributed by atoms with van der Waals surface area (Å²) in [6, 6.07) is 8.03. The molecule has 4 rings (SSSR count). The minimum atomic E-state index is -0.126. The molecule has 0 bridgehead atoms. The summed E-state index contributed by atoms with van der Waals surface area (Å²) in [5.41, 5.74) is 2.81. The Bertz CT molecular complexity index is 787. The Balaban J connectivity index is 0.00000240. The Kier molecular flexibility index (Phi) is 7.87. The van der Waals surface area contributed by atoms with Gasteiger partial charge in [0.25, 0.3) is 0 Å². The van der Waals surface area contributed by atoms with Crippen LogP contribution in [0.1, 0.15) is 51.6 Å². The monoisotopic (exact) mass is 417 g/mol. The summed E-state index contributed by atoms with van der Waals surface area (Å²) in [5, 5.41) is 13.7. The first kappa shape index (κ1) is 22.0. The van der Waals surface area contributed by atoms with E-state index in [-0.39, 0.29) is 19.6 Å². The van der Waals surface area contributed by atoms with Crippen LogP contribution in [0.3, 0.4) is 0 Å². The zero-order chi connectivity index (χ0) is 19.3. The van der Waals surface area contributed by atoms with Crippen molar-refractivity contribution in [2.45, 2.75) is 64.6 Å². The maximum absolute atomic E-state index is 9.71. The maximum atomic E-state index is 9.71. The number of halogens is 1. The van der Waals surface area contributed by atoms with Crippen LogP contribution in [-0.4, -0.2) is 40.4 Å². The average molecular weight is 418 g/mol. The van der Waals surface area contributed by atoms with E-state index in [1.54, 1.807) is 6.20 Å². The summed E-state index contributed by atoms with van der Waals surface area (Å²) < 4.78 is 5.67. The van der Waals surface area contributed by atoms with Gasteiger partial charge in [0.15, 0.2) is 0 Å². The SMILES string of the molecule is C.OC1CCC(Cc2cc(-c3cccc(NC[C@@H]4CCCO4)n3)c(Cl)cn2)CC1. The molecule has 3 heterocycles. The number of hydrogen-bond donors (Lipinski definition) is 2. The number of rotatable bonds is 6. The zero-order valence-corrected chi connectivity index (χ0v) is 16.9. The van der Waals surface area contributed by atoms with Crippen LogP contribution >= 0.6 is 11.6 Å². The number of pyridine rings is 2. The molecule has 2 aromatic heterocycles. The zero-order valence-electron chi connectivity index (χ0n) is 16.1. The summed E-state index contributed by atoms with van der Waals surface area (Å²) in [6.07, 6.45) is 8.94. The molecule has 2 N–H and O–H groups in total. The third-order valence-corrected chi connectivity index (χ3v) is 6.09. The summed E-state index contributed by atoms with van der Waals surface area (Å²) in [6.45, 7) is 1.63. The molecule has 29 heavy (non-hydrogen) atoms. The molecule has 1 atom stereocenters. The lowest BCUT2D eigenvalue weighted by molar-refractivity contribution is 0.108. The minimum Gasteiger partial charge on any atom is -0.393 e. The third-order valence-electron chi connectivity index (χ3n) is 5.79. The lowest BCUT2D eigenvalue weighted by atomic mass is 9.84. The second kappa shape index (κ2) is 10.4. The van der Waals surface area contributed by atoms with Crippen molar-refractivity contribution >= 4 is 17.4 Å². The van der Waals surface area contributed by atoms with Crippen molar-refractivity contribution in [2.75, 3.05) is 18.5 Å². The van der Waals surface area contributed by atoms with Crippen LogP contribution < -0.4 is 5.32 Å². The molecule has 0 amide bonds. The number of aliphatic hydroxyl groups is 1. The van der Waals surface area contributed by atoms with Crippen molar-refractivity contribution in [1.82, 2.24) is 9.97 Å². The molecular weight excluding hydrogens is 386 g/mol. The molecule has 2 aliphatic rings. The number of aliphatic hydroxyl groups excluding tert-OH is 1. The molecule has 0 radical (unpaired) electrons. The number of nitrogens with one attached hydrogen (secondary N) is 1. The van der Waals surface area contributed by atoms with E-state index in [0.717, 1.165) is 80.9 Å². The van der Waals surface area contributed by atoms with Crippen molar-refractivity contribution in [1.29, 1.82) is 0 Å². The van der Waals surface area contributed by atoms with Crippen LogP contribution in [0.25, 0.3) is 11.3 Å². The van der Waals surface area contributed by atoms with Gasteiger partial charge in [0.05, 0.1) is 22.9 Å². The smallest absolute Gasteiger partial charge is 0.126 e. The van der Waals surface area contributed by atoms with E-state index in [9.17, 15) is 5.11 Å². The number of aromatic nitrogens is 2. The van der Waals surface area contributed by atoms with E-state index >= 15 is 0 Å². The van der Waals surface area contributed by atoms with Gasteiger partial charge in [-0.3, -0.25) is 4.98 Å². The average Bonchev–Trinajstić information content (AvgIpc) is 3.23. The summed E-state index contributed by atoms with van der Waals surface area (Å²) in [7, 11) is 0. The van der Waals surface area contributed by atoms with E-state index < -0.39 is 0 Å². The van der Waals surface area contributed by atoms with Gasteiger partial charge in [-0.25, -0.2) is 4.98 Å². The quantitative estimate of drug-likeness (QED) is 0.682. The van der Waals surface area contributed by atoms with Crippen molar-refractivity contribution in [3.63, 3.8) is 0 Å². The predicted molar refractivity (Wildman–Crippen MR) is 118 cm³/mol. The summed E-state index contributed by atoms with van der Waals surface area (Å²) >= 11 is 6.45. The Morgan fingerprint density at radius 2 is 2.00 bits per heavy atom. The first-order valence-corrected chi connectivity index (χ1v) is 10.7. The largest absolute Gasteiger partial charge is 0.393 e. The van der Waals surface area contributed by atoms with Crippen LogP contribution in [0, 0.1) is 5.92 Å². The van der Waals surface area contributed by atoms with Crippen molar-refractivity contribution in [3.8, 4) is 11.3 Å². The van der Waals surface area contributed by atoms with Crippen LogP contribution in [0.5, 0.6) is 0 Å². The number of hydrogen-bond acceptors (Lipinski definition) is 5. The minimum absolute atomic E-state index is 0. The molecule has 5 nitrogen and oxygen atoms in total. The number of anilines is 1. The Morgan fingerprint density at radius 1 is 1.17 bits per heavy atom. The van der Waals surface area contributed by atoms with Gasteiger partial charge in [0.2, 0.25) is 0 Å². The molecule has 0 aromatic carbocycles. The Labute approximate surface area is 178 Å². The van der Waals surface area contributed by atoms with Gasteiger partial charge in [0, 0.05) is 30.6 Å². The summed E-state index contributed by atoms with van der Waals surface area (Å²) in [4.78, 5) is 9.28. The highest BCUT2D eigenvalue weighted by Gasteiger charge is 2.21. The van der Waals surface area contributed by atoms with Crippen LogP contribution in [0.4, 0.5) is 5.82 Å². The predicted octanol–water partition coefficient (Wildman–Crippen LogP) is 5.12. The third kappa shape index (κ3) is 5.91. The molecule has 6 heteroatoms. The lowest BCUT2D eigenvalue weighted by Gasteiger charge is -2.25. The lowest BCUT2D eigenvalue weighted by Crippen LogP contribution is -2.20. The fourth-order valence-electron chi connectivity index (χ4n) is 4.14. The molecule has 1 aliphatic heterocycles. The molecule has 1 saturated carbocycles. The van der Waals surface area contributed by atoms with Crippen molar-refractivity contribution in [2.24, 2.45) is 5.92 Å². The molecule has 0 spiro atoms. The van der Waals surface area contributed by atoms with Gasteiger partial charge in [-0.2, -0.15) is 0 Å². The maximum Gasteiger partial charge on any atom is 0.126 e. The van der Waals surface area contributed by atoms with Gasteiger partial charge >= 0.3 is 0 Å². The van der Waals surface area contributed by atoms with E-state index in [1.807, 2.05) is 18.2 Å². The highest BCUT2D eigenvalue weighted by Crippen LogP contribution is 2.31. The van der Waals surface area contributed by atoms with Crippen LogP contribution in [0.2, 0.25) is 5.02 Å². The molecule has 1 saturated heterocycles. The molecule has 2 fully saturated rings. The molecule has 0 unspecified atom stereocenters. The fourth-order valence-corrected chi connectivity index (χ4v) is 4.34. The van der Waals surface area contributed by atoms with Gasteiger partial charge in [-0.15, -0.1) is 0 Å². The van der Waals surface area contributed by atoms with Gasteiger partial charge < -0.3 is 15.2 Å². The number of ether oxygens (including phenoxy) is 1. The van der Waals surface area contributed by atoms with Crippen molar-refractivity contribution < 1.29 is 9.84 Å². The van der Waals surface area contributed by atoms with Crippen molar-refractivity contribution in [3.05, 3.63) is 41.2 Å². The van der Waals surface area contributed by atoms with E-state index in [2.05, 4.69) is 16.4 Å². The molecule has 2 aromatic rings. The van der Waals surface area contributed by atoms with Gasteiger partial charge in [-0.05, 0) is 69.1 Å². The second-order valence-electron chi connectivity index (χ2n) is 7.96. The van der Waals surface area contributed by atoms with E-state index in [1.165, 1.54) is 0 Å². The number of nitrogens with zero attached hydrogens (tertiary/aromatic N) is 2. The topological polar surface area (TPSA) is 67.3 Å². The highest BCUT2D eigenvalue weighted by atomic mass is 35.5. The standard InChI is InChI=1S/C22H28ClN3O2.CH4/c23-20-14-24-16(11-15-6-8-17(27)9-7-15)12-19(20)21-4-1-5-22(26-21)25-13-18-3-2-10-28-18;/h1,4-5,12,14-15,17-18,27H,2-3,6-11,13H2,(H,25,26);1H4/t15?,17?,18-;/m0./s1. The second-order valence-corrected chi connectivity index (χ2v) is 8.37. The van der Waals surface area contributed by atoms with E-state index in [4.69, 9.17) is 21.3 Å². The molecule has 1 aliphatic carbocycles. The van der Waals surface area contributed by atoms with Gasteiger partial charge in [0.1, 0.15) is 5.82 Å². The van der Waals surface area contributed by atoms with E-state index in [0.29, 0.717) is 10.9 Å². The summed E-state index contributed by atoms with van der Waals surface area (Å²) in [5.74, 6) is 1.42. The van der Waals surface area contributed by atoms with Gasteiger partial charge in [-0.1, -0.05) is 25.1 Å². The van der Waals surface area contributed by atoms with Crippen LogP contribution in [0.15, 0.2) is 30.5 Å². The first-order chi connectivity index (χ1) is 13.7. The normalized spacial score (nSPS) is 24.1.